The topological polar surface area (TPSA) is 67.6 Å². The van der Waals surface area contributed by atoms with Crippen LogP contribution in [-0.4, -0.2) is 32.5 Å². The van der Waals surface area contributed by atoms with Crippen molar-refractivity contribution in [2.45, 2.75) is 24.8 Å². The van der Waals surface area contributed by atoms with Crippen molar-refractivity contribution in [3.8, 4) is 0 Å². The molecule has 0 saturated carbocycles. The molecule has 27 heavy (non-hydrogen) atoms. The molecule has 0 N–H and O–H groups in total. The van der Waals surface area contributed by atoms with Gasteiger partial charge in [0.2, 0.25) is 0 Å². The molecule has 5 nitrogen and oxygen atoms in total. The Bertz CT molecular complexity index is 1120. The largest absolute Gasteiger partial charge is 0.451 e. The molecule has 2 aromatic carbocycles. The van der Waals surface area contributed by atoms with Crippen LogP contribution >= 0.6 is 11.6 Å². The maximum absolute atomic E-state index is 13.0. The first-order valence-electron chi connectivity index (χ1n) is 8.35. The zero-order valence-electron chi connectivity index (χ0n) is 15.5. The van der Waals surface area contributed by atoms with Crippen LogP contribution in [0.3, 0.4) is 0 Å². The Kier molecular flexibility index (Phi) is 5.06. The Morgan fingerprint density at radius 1 is 1.15 bits per heavy atom. The van der Waals surface area contributed by atoms with Gasteiger partial charge in [0, 0.05) is 29.3 Å². The number of hydrogen-bond acceptors (Lipinski definition) is 4. The Balaban J connectivity index is 1.90. The van der Waals surface area contributed by atoms with Gasteiger partial charge in [-0.3, -0.25) is 4.79 Å². The molecule has 1 aromatic heterocycles. The molecule has 0 radical (unpaired) electrons. The fourth-order valence-corrected chi connectivity index (χ4v) is 3.75. The molecule has 0 bridgehead atoms. The third-order valence-electron chi connectivity index (χ3n) is 4.78. The van der Waals surface area contributed by atoms with Crippen LogP contribution in [0.25, 0.3) is 11.0 Å². The van der Waals surface area contributed by atoms with E-state index in [-0.39, 0.29) is 22.6 Å². The van der Waals surface area contributed by atoms with E-state index in [0.29, 0.717) is 10.6 Å². The van der Waals surface area contributed by atoms with Gasteiger partial charge in [-0.2, -0.15) is 0 Å². The first-order valence-corrected chi connectivity index (χ1v) is 10.6. The molecule has 3 rings (SSSR count). The third-order valence-corrected chi connectivity index (χ3v) is 6.15. The lowest BCUT2D eigenvalue weighted by Gasteiger charge is -2.25. The van der Waals surface area contributed by atoms with Crippen molar-refractivity contribution in [3.05, 3.63) is 64.4 Å². The highest BCUT2D eigenvalue weighted by Crippen LogP contribution is 2.30. The second kappa shape index (κ2) is 7.02. The molecule has 1 heterocycles. The van der Waals surface area contributed by atoms with E-state index in [1.807, 2.05) is 13.8 Å². The number of sulfone groups is 1. The fraction of sp³-hybridized carbons (Fsp3) is 0.250. The fourth-order valence-electron chi connectivity index (χ4n) is 2.95. The SMILES string of the molecule is Cc1c(C(=O)N(C)C(C)c2ccc(S(C)(=O)=O)cc2)oc2ccc(Cl)cc12. The standard InChI is InChI=1S/C20H20ClNO4S/c1-12-17-11-15(21)7-10-18(17)26-19(12)20(23)22(3)13(2)14-5-8-16(9-6-14)27(4,24)25/h5-11,13H,1-4H3. The van der Waals surface area contributed by atoms with Crippen molar-refractivity contribution >= 4 is 38.3 Å². The summed E-state index contributed by atoms with van der Waals surface area (Å²) in [5, 5.41) is 1.39. The quantitative estimate of drug-likeness (QED) is 0.634. The number of hydrogen-bond donors (Lipinski definition) is 0. The molecule has 3 aromatic rings. The molecule has 0 aliphatic heterocycles. The summed E-state index contributed by atoms with van der Waals surface area (Å²) in [6, 6.07) is 11.5. The summed E-state index contributed by atoms with van der Waals surface area (Å²) in [4.78, 5) is 14.8. The highest BCUT2D eigenvalue weighted by atomic mass is 35.5. The lowest BCUT2D eigenvalue weighted by Crippen LogP contribution is -2.29. The average Bonchev–Trinajstić information content (AvgIpc) is 2.95. The van der Waals surface area contributed by atoms with Crippen LogP contribution in [0.2, 0.25) is 5.02 Å². The van der Waals surface area contributed by atoms with Crippen LogP contribution in [0, 0.1) is 6.92 Å². The summed E-state index contributed by atoms with van der Waals surface area (Å²) < 4.78 is 29.0. The summed E-state index contributed by atoms with van der Waals surface area (Å²) in [7, 11) is -1.56. The van der Waals surface area contributed by atoms with Crippen molar-refractivity contribution in [1.29, 1.82) is 0 Å². The number of furan rings is 1. The number of carbonyl (C=O) groups excluding carboxylic acids is 1. The van der Waals surface area contributed by atoms with Crippen molar-refractivity contribution in [1.82, 2.24) is 4.90 Å². The first kappa shape index (κ1) is 19.5. The Morgan fingerprint density at radius 2 is 1.78 bits per heavy atom. The summed E-state index contributed by atoms with van der Waals surface area (Å²) in [6.45, 7) is 3.71. The van der Waals surface area contributed by atoms with Crippen LogP contribution < -0.4 is 0 Å². The second-order valence-corrected chi connectivity index (χ2v) is 9.08. The lowest BCUT2D eigenvalue weighted by atomic mass is 10.1. The highest BCUT2D eigenvalue weighted by molar-refractivity contribution is 7.90. The van der Waals surface area contributed by atoms with Crippen molar-refractivity contribution in [3.63, 3.8) is 0 Å². The van der Waals surface area contributed by atoms with Crippen molar-refractivity contribution in [2.75, 3.05) is 13.3 Å². The van der Waals surface area contributed by atoms with Crippen LogP contribution in [0.5, 0.6) is 0 Å². The van der Waals surface area contributed by atoms with E-state index in [4.69, 9.17) is 16.0 Å². The van der Waals surface area contributed by atoms with Gasteiger partial charge in [0.25, 0.3) is 5.91 Å². The van der Waals surface area contributed by atoms with Gasteiger partial charge in [-0.05, 0) is 49.7 Å². The molecule has 1 amide bonds. The third kappa shape index (κ3) is 3.73. The summed E-state index contributed by atoms with van der Waals surface area (Å²) in [5.74, 6) is 0.0221. The minimum atomic E-state index is -3.26. The van der Waals surface area contributed by atoms with Gasteiger partial charge in [-0.25, -0.2) is 8.42 Å². The second-order valence-electron chi connectivity index (χ2n) is 6.63. The van der Waals surface area contributed by atoms with Crippen molar-refractivity contribution < 1.29 is 17.6 Å². The summed E-state index contributed by atoms with van der Waals surface area (Å²) in [5.41, 5.74) is 2.18. The smallest absolute Gasteiger partial charge is 0.290 e. The molecule has 0 saturated heterocycles. The van der Waals surface area contributed by atoms with Gasteiger partial charge in [-0.15, -0.1) is 0 Å². The number of benzene rings is 2. The summed E-state index contributed by atoms with van der Waals surface area (Å²) >= 11 is 6.04. The minimum Gasteiger partial charge on any atom is -0.451 e. The zero-order chi connectivity index (χ0) is 19.9. The highest BCUT2D eigenvalue weighted by Gasteiger charge is 2.25. The van der Waals surface area contributed by atoms with E-state index < -0.39 is 9.84 Å². The van der Waals surface area contributed by atoms with E-state index >= 15 is 0 Å². The number of nitrogens with zero attached hydrogens (tertiary/aromatic N) is 1. The van der Waals surface area contributed by atoms with Crippen LogP contribution in [-0.2, 0) is 9.84 Å². The molecule has 0 aliphatic rings. The molecule has 0 spiro atoms. The predicted molar refractivity (Wildman–Crippen MR) is 106 cm³/mol. The zero-order valence-corrected chi connectivity index (χ0v) is 17.1. The van der Waals surface area contributed by atoms with Gasteiger partial charge < -0.3 is 9.32 Å². The van der Waals surface area contributed by atoms with E-state index in [0.717, 1.165) is 22.8 Å². The summed E-state index contributed by atoms with van der Waals surface area (Å²) in [6.07, 6.45) is 1.16. The molecule has 0 aliphatic carbocycles. The number of aryl methyl sites for hydroxylation is 1. The molecule has 7 heteroatoms. The predicted octanol–water partition coefficient (Wildman–Crippen LogP) is 4.63. The average molecular weight is 406 g/mol. The van der Waals surface area contributed by atoms with Crippen molar-refractivity contribution in [2.24, 2.45) is 0 Å². The lowest BCUT2D eigenvalue weighted by molar-refractivity contribution is 0.0711. The molecular weight excluding hydrogens is 386 g/mol. The maximum atomic E-state index is 13.0. The van der Waals surface area contributed by atoms with Crippen LogP contribution in [0.15, 0.2) is 51.8 Å². The van der Waals surface area contributed by atoms with Gasteiger partial charge in [0.05, 0.1) is 10.9 Å². The van der Waals surface area contributed by atoms with Gasteiger partial charge >= 0.3 is 0 Å². The van der Waals surface area contributed by atoms with E-state index in [9.17, 15) is 13.2 Å². The Hall–Kier alpha value is -2.31. The van der Waals surface area contributed by atoms with E-state index in [2.05, 4.69) is 0 Å². The van der Waals surface area contributed by atoms with Gasteiger partial charge in [-0.1, -0.05) is 23.7 Å². The first-order chi connectivity index (χ1) is 12.6. The van der Waals surface area contributed by atoms with E-state index in [1.54, 1.807) is 54.4 Å². The van der Waals surface area contributed by atoms with Gasteiger partial charge in [0.15, 0.2) is 15.6 Å². The Labute approximate surface area is 163 Å². The maximum Gasteiger partial charge on any atom is 0.290 e. The number of amides is 1. The monoisotopic (exact) mass is 405 g/mol. The number of fused-ring (bicyclic) bond motifs is 1. The molecule has 1 unspecified atom stereocenters. The molecule has 0 fully saturated rings. The van der Waals surface area contributed by atoms with Crippen LogP contribution in [0.4, 0.5) is 0 Å². The molecule has 142 valence electrons. The number of halogens is 1. The Morgan fingerprint density at radius 3 is 2.37 bits per heavy atom. The van der Waals surface area contributed by atoms with Gasteiger partial charge in [0.1, 0.15) is 5.58 Å². The van der Waals surface area contributed by atoms with E-state index in [1.165, 1.54) is 0 Å². The number of rotatable bonds is 4. The molecule has 1 atom stereocenters. The minimum absolute atomic E-state index is 0.248. The van der Waals surface area contributed by atoms with Crippen LogP contribution in [0.1, 0.15) is 34.6 Å². The molecular formula is C20H20ClNO4S. The number of carbonyl (C=O) groups is 1. The normalized spacial score (nSPS) is 12.9.